The van der Waals surface area contributed by atoms with Crippen LogP contribution < -0.4 is 0 Å². The number of rotatable bonds is 0. The van der Waals surface area contributed by atoms with Crippen LogP contribution in [-0.2, 0) is 0 Å². The van der Waals surface area contributed by atoms with Crippen LogP contribution in [0.25, 0.3) is 0 Å². The Morgan fingerprint density at radius 1 is 0.333 bits per heavy atom. The maximum absolute atomic E-state index is 3.00. The molecule has 0 aliphatic rings. The van der Waals surface area contributed by atoms with Gasteiger partial charge in [0.05, 0.1) is 0 Å². The van der Waals surface area contributed by atoms with Crippen LogP contribution in [0.4, 0.5) is 14.1 Å². The van der Waals surface area contributed by atoms with Crippen LogP contribution >= 0.6 is 0 Å². The summed E-state index contributed by atoms with van der Waals surface area (Å²) in [7, 11) is 0. The van der Waals surface area contributed by atoms with Crippen molar-refractivity contribution in [1.29, 1.82) is 0 Å². The van der Waals surface area contributed by atoms with Crippen molar-refractivity contribution in [3.8, 4) is 0 Å². The molecule has 0 nitrogen and oxygen atoms in total. The smallest absolute Gasteiger partial charge is 0.106 e. The van der Waals surface area contributed by atoms with Crippen molar-refractivity contribution < 1.29 is 14.1 Å². The highest BCUT2D eigenvalue weighted by molar-refractivity contribution is 4.22. The first-order valence-electron chi connectivity index (χ1n) is 1.50. The molecule has 0 aromatic heterocycles. The molecule has 0 saturated carbocycles. The van der Waals surface area contributed by atoms with E-state index in [9.17, 15) is 0 Å². The normalized spacial score (nSPS) is 1.33. The molecule has 0 fully saturated rings. The lowest BCUT2D eigenvalue weighted by atomic mass is 11.3. The predicted octanol–water partition coefficient (Wildman–Crippen LogP) is 2.86. The van der Waals surface area contributed by atoms with Gasteiger partial charge in [0.1, 0.15) is 0 Å². The lowest BCUT2D eigenvalue weighted by molar-refractivity contribution is 1.11. The first kappa shape index (κ1) is 97.4. The quantitative estimate of drug-likeness (QED) is 0.458. The van der Waals surface area contributed by atoms with Crippen LogP contribution in [-0.4, -0.2) is 0 Å². The minimum absolute atomic E-state index is 0. The third-order valence-corrected chi connectivity index (χ3v) is 0. The summed E-state index contributed by atoms with van der Waals surface area (Å²) in [5.41, 5.74) is 0. The summed E-state index contributed by atoms with van der Waals surface area (Å²) >= 11 is 0. The van der Waals surface area contributed by atoms with E-state index in [0.29, 0.717) is 0 Å². The summed E-state index contributed by atoms with van der Waals surface area (Å²) in [4.78, 5) is 0. The zero-order chi connectivity index (χ0) is 6.00. The molecule has 0 N–H and O–H groups in total. The fourth-order valence-corrected chi connectivity index (χ4v) is 0. The highest BCUT2D eigenvalue weighted by Gasteiger charge is 0.605. The highest BCUT2D eigenvalue weighted by Crippen LogP contribution is 0.866. The minimum atomic E-state index is 0. The average molecular weight is 144 g/mol. The molecule has 9 heavy (non-hydrogen) atoms. The molecule has 0 aromatic carbocycles. The fourth-order valence-electron chi connectivity index (χ4n) is 0. The zero-order valence-electron chi connectivity index (χ0n) is 5.47. The lowest BCUT2D eigenvalue weighted by Crippen LogP contribution is -0.552. The largest absolute Gasteiger partial charge is 0.269 e. The van der Waals surface area contributed by atoms with Crippen molar-refractivity contribution in [2.24, 2.45) is 0 Å². The van der Waals surface area contributed by atoms with Gasteiger partial charge in [-0.1, -0.05) is 0 Å². The van der Waals surface area contributed by atoms with Crippen LogP contribution in [0.1, 0.15) is 0 Å². The van der Waals surface area contributed by atoms with E-state index >= 15 is 0 Å². The molecule has 0 radical (unpaired) electrons. The molecular weight excluding hydrogens is 129 g/mol. The summed E-state index contributed by atoms with van der Waals surface area (Å²) in [5, 5.41) is 0. The molecule has 0 unspecified atom stereocenters. The topological polar surface area (TPSA) is 0 Å². The molecule has 0 aliphatic heterocycles. The zero-order valence-corrected chi connectivity index (χ0v) is 5.47. The summed E-state index contributed by atoms with van der Waals surface area (Å²) in [6.45, 7) is 18.0. The highest BCUT2D eigenvalue weighted by atomic mass is 19.0. The number of hydrogen-bond donors (Lipinski definition) is 0. The van der Waals surface area contributed by atoms with Gasteiger partial charge in [-0.2, -0.15) is 0 Å². The molecular formula is C6H15F3. The molecule has 0 heterocycles. The molecule has 0 rings (SSSR count). The molecule has 0 aromatic rings. The van der Waals surface area contributed by atoms with E-state index in [-0.39, 0.29) is 14.1 Å². The second-order valence-electron chi connectivity index (χ2n) is 0. The Bertz CT molecular complexity index is 13.0. The van der Waals surface area contributed by atoms with Crippen LogP contribution in [0, 0.1) is 0 Å². The van der Waals surface area contributed by atoms with Crippen LogP contribution in [0.3, 0.4) is 0 Å². The monoisotopic (exact) mass is 144 g/mol. The van der Waals surface area contributed by atoms with E-state index in [1.54, 1.807) is 0 Å². The van der Waals surface area contributed by atoms with E-state index < -0.39 is 0 Å². The maximum Gasteiger partial charge on any atom is -0.106 e. The fraction of sp³-hybridized carbons (Fsp3) is 0. The van der Waals surface area contributed by atoms with Crippen molar-refractivity contribution in [2.45, 2.75) is 0 Å². The Hall–Kier alpha value is -0.990. The Morgan fingerprint density at radius 3 is 0.333 bits per heavy atom. The van der Waals surface area contributed by atoms with Gasteiger partial charge in [-0.05, 0) is 0 Å². The standard InChI is InChI=1S/3C2H4.3FH/c3*1-2;;;/h3*1-2H2;3*1H. The molecule has 0 saturated heterocycles. The van der Waals surface area contributed by atoms with Crippen LogP contribution in [0.15, 0.2) is 39.5 Å². The third kappa shape index (κ3) is 180. The SMILES string of the molecule is C=C.C=C.C=C.F.F.F. The predicted molar refractivity (Wildman–Crippen MR) is 41.3 cm³/mol. The Morgan fingerprint density at radius 2 is 0.333 bits per heavy atom. The molecule has 0 spiro atoms. The summed E-state index contributed by atoms with van der Waals surface area (Å²) in [6.07, 6.45) is 0. The lowest BCUT2D eigenvalue weighted by Gasteiger charge is -0.813. The molecule has 60 valence electrons. The molecule has 0 amide bonds. The van der Waals surface area contributed by atoms with E-state index in [1.165, 1.54) is 0 Å². The first-order chi connectivity index (χ1) is 3.00. The Balaban J connectivity index is -0.00000000321. The van der Waals surface area contributed by atoms with Crippen LogP contribution in [0.5, 0.6) is 0 Å². The van der Waals surface area contributed by atoms with Gasteiger partial charge in [-0.15, -0.1) is 39.5 Å². The van der Waals surface area contributed by atoms with Crippen molar-refractivity contribution >= 4 is 0 Å². The maximum atomic E-state index is 3.00. The number of halogens is 3. The van der Waals surface area contributed by atoms with Gasteiger partial charge in [-0.25, -0.2) is 0 Å². The van der Waals surface area contributed by atoms with Crippen molar-refractivity contribution in [1.82, 2.24) is 0 Å². The summed E-state index contributed by atoms with van der Waals surface area (Å²) in [6, 6.07) is 0. The van der Waals surface area contributed by atoms with Gasteiger partial charge in [-0.3, -0.25) is 14.1 Å². The van der Waals surface area contributed by atoms with E-state index in [0.717, 1.165) is 0 Å². The third-order valence-electron chi connectivity index (χ3n) is 0. The van der Waals surface area contributed by atoms with Crippen molar-refractivity contribution in [3.63, 3.8) is 0 Å². The second-order valence-corrected chi connectivity index (χ2v) is 0. The molecule has 3 heteroatoms. The first-order valence-corrected chi connectivity index (χ1v) is 1.50. The van der Waals surface area contributed by atoms with Crippen LogP contribution in [0.2, 0.25) is 0 Å². The van der Waals surface area contributed by atoms with Gasteiger partial charge in [0, 0.05) is 0 Å². The minimum Gasteiger partial charge on any atom is -0.269 e. The Labute approximate surface area is 54.7 Å². The summed E-state index contributed by atoms with van der Waals surface area (Å²) < 4.78 is 0. The molecule has 0 atom stereocenters. The Kier molecular flexibility index (Phi) is 2800. The molecule has 0 aliphatic carbocycles. The summed E-state index contributed by atoms with van der Waals surface area (Å²) in [5.74, 6) is 0. The van der Waals surface area contributed by atoms with Crippen molar-refractivity contribution in [3.05, 3.63) is 39.5 Å². The second kappa shape index (κ2) is 258. The van der Waals surface area contributed by atoms with Gasteiger partial charge < -0.3 is 0 Å². The van der Waals surface area contributed by atoms with E-state index in [4.69, 9.17) is 0 Å². The number of hydrogen-bond acceptors (Lipinski definition) is 0. The van der Waals surface area contributed by atoms with Gasteiger partial charge in [0.15, 0.2) is 0 Å². The van der Waals surface area contributed by atoms with Crippen molar-refractivity contribution in [2.75, 3.05) is 0 Å². The average Bonchev–Trinajstić information content (AvgIpc) is 1.81. The van der Waals surface area contributed by atoms with E-state index in [1.807, 2.05) is 0 Å². The van der Waals surface area contributed by atoms with Gasteiger partial charge in [0.2, 0.25) is 0 Å². The van der Waals surface area contributed by atoms with Gasteiger partial charge in [0.25, 0.3) is 0 Å². The van der Waals surface area contributed by atoms with E-state index in [2.05, 4.69) is 39.5 Å². The van der Waals surface area contributed by atoms with Gasteiger partial charge >= 0.3 is 0 Å². The molecule has 0 bridgehead atoms.